The van der Waals surface area contributed by atoms with Crippen molar-refractivity contribution in [1.29, 1.82) is 5.26 Å². The van der Waals surface area contributed by atoms with Gasteiger partial charge < -0.3 is 10.0 Å². The molecule has 1 aromatic rings. The third-order valence-electron chi connectivity index (χ3n) is 3.55. The van der Waals surface area contributed by atoms with Gasteiger partial charge in [-0.25, -0.2) is 4.39 Å². The van der Waals surface area contributed by atoms with E-state index in [4.69, 9.17) is 5.26 Å². The minimum Gasteiger partial charge on any atom is -0.388 e. The summed E-state index contributed by atoms with van der Waals surface area (Å²) in [5.41, 5.74) is 0.0355. The molecule has 4 heteroatoms. The molecule has 1 N–H and O–H groups in total. The molecule has 0 bridgehead atoms. The molecule has 0 aliphatic heterocycles. The zero-order valence-corrected chi connectivity index (χ0v) is 10.5. The minimum atomic E-state index is -0.699. The Balaban J connectivity index is 2.14. The summed E-state index contributed by atoms with van der Waals surface area (Å²) in [6.45, 7) is 0.426. The highest BCUT2D eigenvalue weighted by Gasteiger charge is 2.32. The SMILES string of the molecule is CN(CC1(O)CCCC1)c1ccc(C#N)cc1F. The highest BCUT2D eigenvalue weighted by atomic mass is 19.1. The fourth-order valence-corrected chi connectivity index (χ4v) is 2.60. The standard InChI is InChI=1S/C14H17FN2O/c1-17(10-14(18)6-2-3-7-14)13-5-4-11(9-16)8-12(13)15/h4-5,8,18H,2-3,6-7,10H2,1H3. The van der Waals surface area contributed by atoms with Gasteiger partial charge in [0.15, 0.2) is 0 Å². The number of nitriles is 1. The monoisotopic (exact) mass is 248 g/mol. The summed E-state index contributed by atoms with van der Waals surface area (Å²) in [6, 6.07) is 6.31. The molecule has 18 heavy (non-hydrogen) atoms. The van der Waals surface area contributed by atoms with E-state index in [9.17, 15) is 9.50 Å². The number of halogens is 1. The van der Waals surface area contributed by atoms with E-state index >= 15 is 0 Å². The number of nitrogens with zero attached hydrogens (tertiary/aromatic N) is 2. The van der Waals surface area contributed by atoms with Gasteiger partial charge in [-0.1, -0.05) is 12.8 Å². The predicted molar refractivity (Wildman–Crippen MR) is 67.8 cm³/mol. The number of hydrogen-bond acceptors (Lipinski definition) is 3. The number of hydrogen-bond donors (Lipinski definition) is 1. The van der Waals surface area contributed by atoms with Gasteiger partial charge in [0.1, 0.15) is 5.82 Å². The largest absolute Gasteiger partial charge is 0.388 e. The molecule has 1 aliphatic carbocycles. The van der Waals surface area contributed by atoms with Gasteiger partial charge in [0.25, 0.3) is 0 Å². The highest BCUT2D eigenvalue weighted by molar-refractivity contribution is 5.50. The van der Waals surface area contributed by atoms with Gasteiger partial charge in [0, 0.05) is 13.6 Å². The first kappa shape index (κ1) is 12.8. The van der Waals surface area contributed by atoms with Crippen LogP contribution in [0.15, 0.2) is 18.2 Å². The van der Waals surface area contributed by atoms with Crippen molar-refractivity contribution in [3.8, 4) is 6.07 Å². The van der Waals surface area contributed by atoms with E-state index < -0.39 is 11.4 Å². The van der Waals surface area contributed by atoms with Crippen molar-refractivity contribution < 1.29 is 9.50 Å². The maximum absolute atomic E-state index is 13.8. The van der Waals surface area contributed by atoms with Gasteiger partial charge in [-0.15, -0.1) is 0 Å². The zero-order chi connectivity index (χ0) is 13.2. The predicted octanol–water partition coefficient (Wildman–Crippen LogP) is 2.44. The second-order valence-electron chi connectivity index (χ2n) is 5.07. The summed E-state index contributed by atoms with van der Waals surface area (Å²) in [5.74, 6) is -0.418. The first-order chi connectivity index (χ1) is 8.54. The van der Waals surface area contributed by atoms with E-state index in [2.05, 4.69) is 0 Å². The van der Waals surface area contributed by atoms with Gasteiger partial charge in [0.2, 0.25) is 0 Å². The van der Waals surface area contributed by atoms with Crippen LogP contribution in [0.4, 0.5) is 10.1 Å². The van der Waals surface area contributed by atoms with Crippen molar-refractivity contribution in [2.24, 2.45) is 0 Å². The second kappa shape index (κ2) is 4.95. The van der Waals surface area contributed by atoms with Crippen LogP contribution in [0.5, 0.6) is 0 Å². The third-order valence-corrected chi connectivity index (χ3v) is 3.55. The normalized spacial score (nSPS) is 17.4. The average Bonchev–Trinajstić information content (AvgIpc) is 2.75. The van der Waals surface area contributed by atoms with E-state index in [-0.39, 0.29) is 0 Å². The maximum atomic E-state index is 13.8. The Hall–Kier alpha value is -1.60. The first-order valence-electron chi connectivity index (χ1n) is 6.17. The summed E-state index contributed by atoms with van der Waals surface area (Å²) in [6.07, 6.45) is 3.60. The molecular formula is C14H17FN2O. The number of rotatable bonds is 3. The number of benzene rings is 1. The summed E-state index contributed by atoms with van der Waals surface area (Å²) < 4.78 is 13.8. The van der Waals surface area contributed by atoms with E-state index in [0.717, 1.165) is 25.7 Å². The molecule has 1 fully saturated rings. The molecule has 0 aromatic heterocycles. The molecule has 0 unspecified atom stereocenters. The molecule has 2 rings (SSSR count). The number of likely N-dealkylation sites (N-methyl/N-ethyl adjacent to an activating group) is 1. The lowest BCUT2D eigenvalue weighted by Gasteiger charge is -2.30. The zero-order valence-electron chi connectivity index (χ0n) is 10.5. The van der Waals surface area contributed by atoms with Crippen LogP contribution < -0.4 is 4.90 Å². The molecule has 1 aromatic carbocycles. The highest BCUT2D eigenvalue weighted by Crippen LogP contribution is 2.31. The van der Waals surface area contributed by atoms with Crippen molar-refractivity contribution in [3.63, 3.8) is 0 Å². The molecule has 0 amide bonds. The Kier molecular flexibility index (Phi) is 3.53. The van der Waals surface area contributed by atoms with Crippen molar-refractivity contribution in [3.05, 3.63) is 29.6 Å². The van der Waals surface area contributed by atoms with Gasteiger partial charge >= 0.3 is 0 Å². The maximum Gasteiger partial charge on any atom is 0.147 e. The number of aliphatic hydroxyl groups is 1. The molecule has 0 saturated heterocycles. The summed E-state index contributed by atoms with van der Waals surface area (Å²) in [7, 11) is 1.76. The Morgan fingerprint density at radius 3 is 2.67 bits per heavy atom. The Bertz CT molecular complexity index is 475. The average molecular weight is 248 g/mol. The van der Waals surface area contributed by atoms with Crippen LogP contribution in [0.2, 0.25) is 0 Å². The van der Waals surface area contributed by atoms with Crippen LogP contribution >= 0.6 is 0 Å². The Morgan fingerprint density at radius 1 is 1.44 bits per heavy atom. The van der Waals surface area contributed by atoms with Gasteiger partial charge in [-0.3, -0.25) is 0 Å². The first-order valence-corrected chi connectivity index (χ1v) is 6.17. The van der Waals surface area contributed by atoms with Crippen LogP contribution in [-0.4, -0.2) is 24.3 Å². The van der Waals surface area contributed by atoms with Crippen molar-refractivity contribution in [2.45, 2.75) is 31.3 Å². The molecule has 0 heterocycles. The van der Waals surface area contributed by atoms with Crippen molar-refractivity contribution >= 4 is 5.69 Å². The fraction of sp³-hybridized carbons (Fsp3) is 0.500. The van der Waals surface area contributed by atoms with Gasteiger partial charge in [0.05, 0.1) is 22.9 Å². The van der Waals surface area contributed by atoms with Crippen LogP contribution in [0.1, 0.15) is 31.2 Å². The van der Waals surface area contributed by atoms with Crippen LogP contribution in [0, 0.1) is 17.1 Å². The topological polar surface area (TPSA) is 47.3 Å². The van der Waals surface area contributed by atoms with E-state index in [1.54, 1.807) is 24.1 Å². The molecule has 0 radical (unpaired) electrons. The Morgan fingerprint density at radius 2 is 2.11 bits per heavy atom. The number of anilines is 1. The summed E-state index contributed by atoms with van der Waals surface area (Å²) in [5, 5.41) is 19.0. The van der Waals surface area contributed by atoms with E-state index in [1.807, 2.05) is 6.07 Å². The molecule has 1 aliphatic rings. The lowest BCUT2D eigenvalue weighted by atomic mass is 10.0. The van der Waals surface area contributed by atoms with Gasteiger partial charge in [-0.05, 0) is 31.0 Å². The molecule has 3 nitrogen and oxygen atoms in total. The molecule has 96 valence electrons. The minimum absolute atomic E-state index is 0.309. The van der Waals surface area contributed by atoms with Crippen molar-refractivity contribution in [1.82, 2.24) is 0 Å². The van der Waals surface area contributed by atoms with Crippen LogP contribution in [0.25, 0.3) is 0 Å². The molecular weight excluding hydrogens is 231 g/mol. The molecule has 0 spiro atoms. The van der Waals surface area contributed by atoms with Crippen LogP contribution in [-0.2, 0) is 0 Å². The van der Waals surface area contributed by atoms with Gasteiger partial charge in [-0.2, -0.15) is 5.26 Å². The summed E-state index contributed by atoms with van der Waals surface area (Å²) >= 11 is 0. The lowest BCUT2D eigenvalue weighted by Crippen LogP contribution is -2.39. The smallest absolute Gasteiger partial charge is 0.147 e. The van der Waals surface area contributed by atoms with E-state index in [0.29, 0.717) is 17.8 Å². The Labute approximate surface area is 106 Å². The summed E-state index contributed by atoms with van der Waals surface area (Å²) in [4.78, 5) is 1.72. The second-order valence-corrected chi connectivity index (χ2v) is 5.07. The van der Waals surface area contributed by atoms with Crippen molar-refractivity contribution in [2.75, 3.05) is 18.5 Å². The molecule has 1 saturated carbocycles. The fourth-order valence-electron chi connectivity index (χ4n) is 2.60. The lowest BCUT2D eigenvalue weighted by molar-refractivity contribution is 0.0558. The quantitative estimate of drug-likeness (QED) is 0.893. The third kappa shape index (κ3) is 2.62. The van der Waals surface area contributed by atoms with E-state index in [1.165, 1.54) is 6.07 Å². The van der Waals surface area contributed by atoms with Crippen LogP contribution in [0.3, 0.4) is 0 Å². The molecule has 0 atom stereocenters.